The van der Waals surface area contributed by atoms with Gasteiger partial charge in [0, 0.05) is 20.2 Å². The highest BCUT2D eigenvalue weighted by Gasteiger charge is 2.19. The van der Waals surface area contributed by atoms with E-state index in [1.54, 1.807) is 4.68 Å². The number of nitriles is 1. The lowest BCUT2D eigenvalue weighted by molar-refractivity contribution is 0.247. The zero-order chi connectivity index (χ0) is 13.8. The van der Waals surface area contributed by atoms with Crippen LogP contribution in [0.4, 0.5) is 5.82 Å². The molecule has 0 fully saturated rings. The molecule has 100 valence electrons. The van der Waals surface area contributed by atoms with Gasteiger partial charge >= 0.3 is 0 Å². The number of rotatable bonds is 6. The number of hydrogen-bond donors (Lipinski definition) is 2. The molecule has 0 saturated heterocycles. The Morgan fingerprint density at radius 1 is 1.50 bits per heavy atom. The Balaban J connectivity index is 2.72. The summed E-state index contributed by atoms with van der Waals surface area (Å²) in [6.45, 7) is 7.09. The Kier molecular flexibility index (Phi) is 4.74. The van der Waals surface area contributed by atoms with Gasteiger partial charge in [-0.05, 0) is 25.2 Å². The minimum Gasteiger partial charge on any atom is -0.396 e. The van der Waals surface area contributed by atoms with Gasteiger partial charge in [-0.3, -0.25) is 4.68 Å². The maximum atomic E-state index is 9.11. The highest BCUT2D eigenvalue weighted by atomic mass is 16.2. The van der Waals surface area contributed by atoms with Crippen LogP contribution in [0.25, 0.3) is 0 Å². The maximum absolute atomic E-state index is 9.11. The molecule has 0 aliphatic carbocycles. The predicted octanol–water partition coefficient (Wildman–Crippen LogP) is 1.81. The number of aliphatic hydroxyl groups is 1. The molecule has 18 heavy (non-hydrogen) atoms. The third kappa shape index (κ3) is 3.47. The van der Waals surface area contributed by atoms with E-state index >= 15 is 0 Å². The number of aliphatic hydroxyl groups excluding tert-OH is 1. The monoisotopic (exact) mass is 250 g/mol. The molecular formula is C13H22N4O. The molecule has 0 atom stereocenters. The largest absolute Gasteiger partial charge is 0.396 e. The molecule has 1 heterocycles. The lowest BCUT2D eigenvalue weighted by atomic mass is 9.88. The molecule has 5 nitrogen and oxygen atoms in total. The molecule has 0 radical (unpaired) electrons. The van der Waals surface area contributed by atoms with Crippen LogP contribution in [-0.4, -0.2) is 28.0 Å². The molecule has 0 aromatic carbocycles. The van der Waals surface area contributed by atoms with E-state index in [0.717, 1.165) is 30.9 Å². The van der Waals surface area contributed by atoms with Crippen molar-refractivity contribution in [2.45, 2.75) is 33.6 Å². The van der Waals surface area contributed by atoms with E-state index in [1.807, 2.05) is 14.0 Å². The summed E-state index contributed by atoms with van der Waals surface area (Å²) in [4.78, 5) is 0. The molecule has 0 bridgehead atoms. The maximum Gasteiger partial charge on any atom is 0.142 e. The van der Waals surface area contributed by atoms with Crippen molar-refractivity contribution in [3.8, 4) is 6.07 Å². The summed E-state index contributed by atoms with van der Waals surface area (Å²) in [5, 5.41) is 25.5. The van der Waals surface area contributed by atoms with Crippen molar-refractivity contribution >= 4 is 5.82 Å². The molecule has 0 aliphatic rings. The Morgan fingerprint density at radius 3 is 2.72 bits per heavy atom. The van der Waals surface area contributed by atoms with Crippen LogP contribution < -0.4 is 5.32 Å². The molecule has 1 rings (SSSR count). The molecule has 0 unspecified atom stereocenters. The number of hydrogen-bond acceptors (Lipinski definition) is 4. The molecule has 1 aromatic heterocycles. The van der Waals surface area contributed by atoms with Crippen LogP contribution >= 0.6 is 0 Å². The molecule has 0 aliphatic heterocycles. The summed E-state index contributed by atoms with van der Waals surface area (Å²) in [6, 6.07) is 2.18. The van der Waals surface area contributed by atoms with E-state index in [4.69, 9.17) is 10.4 Å². The number of aromatic nitrogens is 2. The average Bonchev–Trinajstić information content (AvgIpc) is 2.58. The zero-order valence-electron chi connectivity index (χ0n) is 11.6. The fourth-order valence-corrected chi connectivity index (χ4v) is 1.96. The van der Waals surface area contributed by atoms with Crippen LogP contribution in [0, 0.1) is 23.7 Å². The van der Waals surface area contributed by atoms with Crippen molar-refractivity contribution in [3.05, 3.63) is 11.3 Å². The highest BCUT2D eigenvalue weighted by Crippen LogP contribution is 2.24. The van der Waals surface area contributed by atoms with Crippen molar-refractivity contribution in [2.24, 2.45) is 12.5 Å². The van der Waals surface area contributed by atoms with Crippen molar-refractivity contribution in [1.29, 1.82) is 5.26 Å². The molecule has 2 N–H and O–H groups in total. The minimum atomic E-state index is 0.0770. The second kappa shape index (κ2) is 5.87. The number of nitrogens with zero attached hydrogens (tertiary/aromatic N) is 3. The number of nitrogens with one attached hydrogen (secondary N) is 1. The first kappa shape index (κ1) is 14.5. The SMILES string of the molecule is Cc1nn(C)c(NCC(C)(C)CCCO)c1C#N. The third-order valence-corrected chi connectivity index (χ3v) is 3.08. The Hall–Kier alpha value is -1.54. The molecule has 0 saturated carbocycles. The number of anilines is 1. The first-order valence-corrected chi connectivity index (χ1v) is 6.19. The summed E-state index contributed by atoms with van der Waals surface area (Å²) in [5.74, 6) is 0.770. The number of aryl methyl sites for hydroxylation is 2. The van der Waals surface area contributed by atoms with Gasteiger partial charge in [0.25, 0.3) is 0 Å². The Labute approximate surface area is 108 Å². The van der Waals surface area contributed by atoms with Crippen molar-refractivity contribution in [1.82, 2.24) is 9.78 Å². The van der Waals surface area contributed by atoms with E-state index in [0.29, 0.717) is 5.56 Å². The molecular weight excluding hydrogens is 228 g/mol. The first-order valence-electron chi connectivity index (χ1n) is 6.19. The van der Waals surface area contributed by atoms with E-state index in [-0.39, 0.29) is 12.0 Å². The fourth-order valence-electron chi connectivity index (χ4n) is 1.96. The Bertz CT molecular complexity index is 443. The highest BCUT2D eigenvalue weighted by molar-refractivity contribution is 5.55. The molecule has 1 aromatic rings. The quantitative estimate of drug-likeness (QED) is 0.807. The van der Waals surface area contributed by atoms with Crippen molar-refractivity contribution in [2.75, 3.05) is 18.5 Å². The van der Waals surface area contributed by atoms with Crippen LogP contribution in [0.1, 0.15) is 37.9 Å². The summed E-state index contributed by atoms with van der Waals surface area (Å²) >= 11 is 0. The summed E-state index contributed by atoms with van der Waals surface area (Å²) in [6.07, 6.45) is 1.74. The van der Waals surface area contributed by atoms with Crippen LogP contribution in [0.15, 0.2) is 0 Å². The van der Waals surface area contributed by atoms with Gasteiger partial charge in [0.2, 0.25) is 0 Å². The zero-order valence-corrected chi connectivity index (χ0v) is 11.6. The first-order chi connectivity index (χ1) is 8.41. The second-order valence-corrected chi connectivity index (χ2v) is 5.39. The average molecular weight is 250 g/mol. The van der Waals surface area contributed by atoms with Crippen molar-refractivity contribution < 1.29 is 5.11 Å². The smallest absolute Gasteiger partial charge is 0.142 e. The summed E-state index contributed by atoms with van der Waals surface area (Å²) < 4.78 is 1.70. The normalized spacial score (nSPS) is 11.3. The minimum absolute atomic E-state index is 0.0770. The van der Waals surface area contributed by atoms with Crippen LogP contribution in [0.5, 0.6) is 0 Å². The van der Waals surface area contributed by atoms with Crippen molar-refractivity contribution in [3.63, 3.8) is 0 Å². The van der Waals surface area contributed by atoms with Crippen LogP contribution in [-0.2, 0) is 7.05 Å². The van der Waals surface area contributed by atoms with E-state index < -0.39 is 0 Å². The molecule has 0 amide bonds. The second-order valence-electron chi connectivity index (χ2n) is 5.39. The van der Waals surface area contributed by atoms with Gasteiger partial charge in [-0.25, -0.2) is 0 Å². The third-order valence-electron chi connectivity index (χ3n) is 3.08. The van der Waals surface area contributed by atoms with E-state index in [9.17, 15) is 0 Å². The van der Waals surface area contributed by atoms with Gasteiger partial charge in [-0.1, -0.05) is 13.8 Å². The molecule has 5 heteroatoms. The lowest BCUT2D eigenvalue weighted by Crippen LogP contribution is -2.24. The van der Waals surface area contributed by atoms with Gasteiger partial charge in [0.05, 0.1) is 5.69 Å². The topological polar surface area (TPSA) is 73.9 Å². The van der Waals surface area contributed by atoms with Crippen LogP contribution in [0.2, 0.25) is 0 Å². The van der Waals surface area contributed by atoms with Crippen LogP contribution in [0.3, 0.4) is 0 Å². The standard InChI is InChI=1S/C13H22N4O/c1-10-11(8-14)12(17(4)16-10)15-9-13(2,3)6-5-7-18/h15,18H,5-7,9H2,1-4H3. The summed E-state index contributed by atoms with van der Waals surface area (Å²) in [7, 11) is 1.83. The van der Waals surface area contributed by atoms with E-state index in [1.165, 1.54) is 0 Å². The van der Waals surface area contributed by atoms with Gasteiger partial charge in [-0.15, -0.1) is 0 Å². The predicted molar refractivity (Wildman–Crippen MR) is 71.3 cm³/mol. The lowest BCUT2D eigenvalue weighted by Gasteiger charge is -2.25. The molecule has 0 spiro atoms. The van der Waals surface area contributed by atoms with Gasteiger partial charge < -0.3 is 10.4 Å². The fraction of sp³-hybridized carbons (Fsp3) is 0.692. The van der Waals surface area contributed by atoms with Gasteiger partial charge in [-0.2, -0.15) is 10.4 Å². The van der Waals surface area contributed by atoms with E-state index in [2.05, 4.69) is 30.3 Å². The van der Waals surface area contributed by atoms with Gasteiger partial charge in [0.1, 0.15) is 17.5 Å². The Morgan fingerprint density at radius 2 is 2.17 bits per heavy atom. The van der Waals surface area contributed by atoms with Gasteiger partial charge in [0.15, 0.2) is 0 Å². The summed E-state index contributed by atoms with van der Waals surface area (Å²) in [5.41, 5.74) is 1.43.